The molecule has 0 radical (unpaired) electrons. The van der Waals surface area contributed by atoms with Gasteiger partial charge in [0.15, 0.2) is 0 Å². The third kappa shape index (κ3) is 2.85. The zero-order chi connectivity index (χ0) is 14.8. The highest BCUT2D eigenvalue weighted by atomic mass is 35.5. The van der Waals surface area contributed by atoms with Crippen LogP contribution in [0.5, 0.6) is 0 Å². The number of carbonyl (C=O) groups is 1. The second-order valence-corrected chi connectivity index (χ2v) is 5.39. The SMILES string of the molecule is O=C(O)N1CCCCC1c1nc(-c2cccc(Cl)c2)no1. The number of nitrogens with zero attached hydrogens (tertiary/aromatic N) is 3. The van der Waals surface area contributed by atoms with Crippen molar-refractivity contribution < 1.29 is 14.4 Å². The number of halogens is 1. The van der Waals surface area contributed by atoms with Gasteiger partial charge in [0.25, 0.3) is 0 Å². The topological polar surface area (TPSA) is 79.5 Å². The van der Waals surface area contributed by atoms with Crippen molar-refractivity contribution in [2.24, 2.45) is 0 Å². The first-order chi connectivity index (χ1) is 10.1. The molecule has 1 aliphatic rings. The van der Waals surface area contributed by atoms with Crippen LogP contribution in [0.2, 0.25) is 5.02 Å². The molecule has 1 fully saturated rings. The van der Waals surface area contributed by atoms with Crippen molar-refractivity contribution in [3.05, 3.63) is 35.2 Å². The molecular formula is C14H14ClN3O3. The van der Waals surface area contributed by atoms with Gasteiger partial charge in [-0.05, 0) is 31.4 Å². The molecule has 7 heteroatoms. The average molecular weight is 308 g/mol. The summed E-state index contributed by atoms with van der Waals surface area (Å²) in [6.07, 6.45) is 1.55. The summed E-state index contributed by atoms with van der Waals surface area (Å²) < 4.78 is 5.27. The third-order valence-electron chi connectivity index (χ3n) is 3.56. The molecule has 0 aliphatic carbocycles. The summed E-state index contributed by atoms with van der Waals surface area (Å²) in [5.74, 6) is 0.760. The molecule has 3 rings (SSSR count). The number of rotatable bonds is 2. The van der Waals surface area contributed by atoms with Crippen LogP contribution in [0.1, 0.15) is 31.2 Å². The molecule has 1 saturated heterocycles. The van der Waals surface area contributed by atoms with Crippen LogP contribution in [-0.2, 0) is 0 Å². The van der Waals surface area contributed by atoms with Crippen molar-refractivity contribution in [3.8, 4) is 11.4 Å². The van der Waals surface area contributed by atoms with Gasteiger partial charge in [-0.1, -0.05) is 28.9 Å². The van der Waals surface area contributed by atoms with E-state index in [1.54, 1.807) is 18.2 Å². The molecule has 1 aliphatic heterocycles. The zero-order valence-electron chi connectivity index (χ0n) is 11.2. The summed E-state index contributed by atoms with van der Waals surface area (Å²) in [6.45, 7) is 0.495. The Morgan fingerprint density at radius 2 is 2.29 bits per heavy atom. The zero-order valence-corrected chi connectivity index (χ0v) is 12.0. The van der Waals surface area contributed by atoms with Crippen LogP contribution in [0.3, 0.4) is 0 Å². The van der Waals surface area contributed by atoms with Crippen LogP contribution in [0.15, 0.2) is 28.8 Å². The molecule has 0 bridgehead atoms. The van der Waals surface area contributed by atoms with E-state index in [1.807, 2.05) is 6.07 Å². The average Bonchev–Trinajstić information content (AvgIpc) is 2.97. The van der Waals surface area contributed by atoms with Gasteiger partial charge in [-0.25, -0.2) is 4.79 Å². The van der Waals surface area contributed by atoms with Crippen molar-refractivity contribution in [2.75, 3.05) is 6.54 Å². The largest absolute Gasteiger partial charge is 0.465 e. The molecule has 6 nitrogen and oxygen atoms in total. The lowest BCUT2D eigenvalue weighted by molar-refractivity contribution is 0.0932. The molecule has 1 atom stereocenters. The summed E-state index contributed by atoms with van der Waals surface area (Å²) in [7, 11) is 0. The lowest BCUT2D eigenvalue weighted by atomic mass is 10.0. The van der Waals surface area contributed by atoms with E-state index in [-0.39, 0.29) is 6.04 Å². The van der Waals surface area contributed by atoms with E-state index >= 15 is 0 Å². The van der Waals surface area contributed by atoms with Crippen molar-refractivity contribution in [1.82, 2.24) is 15.0 Å². The van der Waals surface area contributed by atoms with E-state index in [2.05, 4.69) is 10.1 Å². The van der Waals surface area contributed by atoms with Crippen molar-refractivity contribution in [1.29, 1.82) is 0 Å². The van der Waals surface area contributed by atoms with Crippen molar-refractivity contribution in [2.45, 2.75) is 25.3 Å². The molecule has 2 heterocycles. The maximum atomic E-state index is 11.3. The summed E-state index contributed by atoms with van der Waals surface area (Å²) in [6, 6.07) is 6.77. The van der Waals surface area contributed by atoms with Crippen LogP contribution < -0.4 is 0 Å². The molecule has 21 heavy (non-hydrogen) atoms. The van der Waals surface area contributed by atoms with E-state index in [9.17, 15) is 9.90 Å². The van der Waals surface area contributed by atoms with Crippen LogP contribution in [-0.4, -0.2) is 32.8 Å². The predicted octanol–water partition coefficient (Wildman–Crippen LogP) is 3.60. The minimum atomic E-state index is -0.956. The number of likely N-dealkylation sites (tertiary alicyclic amines) is 1. The molecule has 110 valence electrons. The van der Waals surface area contributed by atoms with E-state index in [4.69, 9.17) is 16.1 Å². The second-order valence-electron chi connectivity index (χ2n) is 4.95. The molecule has 1 aromatic heterocycles. The molecule has 0 spiro atoms. The standard InChI is InChI=1S/C14H14ClN3O3/c15-10-5-3-4-9(8-10)12-16-13(21-17-12)11-6-1-2-7-18(11)14(19)20/h3-5,8,11H,1-2,6-7H2,(H,19,20). The number of aromatic nitrogens is 2. The minimum absolute atomic E-state index is 0.340. The van der Waals surface area contributed by atoms with Gasteiger partial charge >= 0.3 is 6.09 Å². The maximum absolute atomic E-state index is 11.3. The number of benzene rings is 1. The smallest absolute Gasteiger partial charge is 0.407 e. The molecule has 1 N–H and O–H groups in total. The highest BCUT2D eigenvalue weighted by Gasteiger charge is 2.32. The fourth-order valence-corrected chi connectivity index (χ4v) is 2.72. The fourth-order valence-electron chi connectivity index (χ4n) is 2.53. The summed E-state index contributed by atoms with van der Waals surface area (Å²) in [5, 5.41) is 13.8. The van der Waals surface area contributed by atoms with Crippen LogP contribution in [0.4, 0.5) is 4.79 Å². The van der Waals surface area contributed by atoms with Crippen LogP contribution >= 0.6 is 11.6 Å². The summed E-state index contributed by atoms with van der Waals surface area (Å²) in [4.78, 5) is 17.0. The van der Waals surface area contributed by atoms with Gasteiger partial charge in [0, 0.05) is 17.1 Å². The number of amides is 1. The molecule has 1 amide bonds. The van der Waals surface area contributed by atoms with E-state index in [1.165, 1.54) is 4.90 Å². The molecule has 2 aromatic rings. The quantitative estimate of drug-likeness (QED) is 0.917. The lowest BCUT2D eigenvalue weighted by Gasteiger charge is -2.30. The van der Waals surface area contributed by atoms with Gasteiger partial charge in [-0.2, -0.15) is 4.98 Å². The van der Waals surface area contributed by atoms with Gasteiger partial charge in [-0.3, -0.25) is 4.90 Å². The Balaban J connectivity index is 1.88. The Labute approximate surface area is 126 Å². The maximum Gasteiger partial charge on any atom is 0.407 e. The first kappa shape index (κ1) is 13.9. The lowest BCUT2D eigenvalue weighted by Crippen LogP contribution is -2.37. The van der Waals surface area contributed by atoms with Crippen LogP contribution in [0.25, 0.3) is 11.4 Å². The first-order valence-corrected chi connectivity index (χ1v) is 7.12. The van der Waals surface area contributed by atoms with Gasteiger partial charge in [0.1, 0.15) is 6.04 Å². The third-order valence-corrected chi connectivity index (χ3v) is 3.79. The Morgan fingerprint density at radius 1 is 1.43 bits per heavy atom. The van der Waals surface area contributed by atoms with Crippen molar-refractivity contribution >= 4 is 17.7 Å². The predicted molar refractivity (Wildman–Crippen MR) is 76.1 cm³/mol. The Hall–Kier alpha value is -2.08. The fraction of sp³-hybridized carbons (Fsp3) is 0.357. The molecule has 1 unspecified atom stereocenters. The number of carboxylic acid groups (broad SMARTS) is 1. The van der Waals surface area contributed by atoms with Crippen molar-refractivity contribution in [3.63, 3.8) is 0 Å². The molecule has 0 saturated carbocycles. The molecular weight excluding hydrogens is 294 g/mol. The second kappa shape index (κ2) is 5.73. The van der Waals surface area contributed by atoms with Gasteiger partial charge in [-0.15, -0.1) is 0 Å². The van der Waals surface area contributed by atoms with Gasteiger partial charge in [0.2, 0.25) is 11.7 Å². The van der Waals surface area contributed by atoms with Gasteiger partial charge in [0.05, 0.1) is 0 Å². The highest BCUT2D eigenvalue weighted by molar-refractivity contribution is 6.30. The number of hydrogen-bond donors (Lipinski definition) is 1. The van der Waals surface area contributed by atoms with Gasteiger partial charge < -0.3 is 9.63 Å². The Bertz CT molecular complexity index is 658. The Morgan fingerprint density at radius 3 is 3.05 bits per heavy atom. The summed E-state index contributed by atoms with van der Waals surface area (Å²) >= 11 is 5.94. The molecule has 1 aromatic carbocycles. The minimum Gasteiger partial charge on any atom is -0.465 e. The summed E-state index contributed by atoms with van der Waals surface area (Å²) in [5.41, 5.74) is 0.746. The first-order valence-electron chi connectivity index (χ1n) is 6.74. The monoisotopic (exact) mass is 307 g/mol. The van der Waals surface area contributed by atoms with E-state index in [0.717, 1.165) is 18.4 Å². The normalized spacial score (nSPS) is 18.7. The van der Waals surface area contributed by atoms with E-state index in [0.29, 0.717) is 29.7 Å². The number of piperidine rings is 1. The highest BCUT2D eigenvalue weighted by Crippen LogP contribution is 2.31. The Kier molecular flexibility index (Phi) is 3.79. The van der Waals surface area contributed by atoms with E-state index < -0.39 is 6.09 Å². The number of hydrogen-bond acceptors (Lipinski definition) is 4. The van der Waals surface area contributed by atoms with Crippen LogP contribution in [0, 0.1) is 0 Å².